The Bertz CT molecular complexity index is 280. The lowest BCUT2D eigenvalue weighted by atomic mass is 10.5. The molecule has 0 bridgehead atoms. The Labute approximate surface area is 74.3 Å². The first-order valence-electron chi connectivity index (χ1n) is 3.46. The summed E-state index contributed by atoms with van der Waals surface area (Å²) < 4.78 is 4.15. The summed E-state index contributed by atoms with van der Waals surface area (Å²) in [6.45, 7) is 0. The van der Waals surface area contributed by atoms with Crippen LogP contribution in [0.5, 0.6) is 0 Å². The smallest absolute Gasteiger partial charge is 0.139 e. The molecule has 4 nitrogen and oxygen atoms in total. The normalized spacial score (nSPS) is 12.9. The van der Waals surface area contributed by atoms with Crippen molar-refractivity contribution in [3.8, 4) is 0 Å². The lowest BCUT2D eigenvalue weighted by Crippen LogP contribution is -2.08. The highest BCUT2D eigenvalue weighted by atomic mass is 32.2. The van der Waals surface area contributed by atoms with E-state index >= 15 is 0 Å². The maximum atomic E-state index is 5.17. The third-order valence-electron chi connectivity index (χ3n) is 1.50. The van der Waals surface area contributed by atoms with Crippen molar-refractivity contribution in [3.63, 3.8) is 0 Å². The highest BCUT2D eigenvalue weighted by Crippen LogP contribution is 2.07. The summed E-state index contributed by atoms with van der Waals surface area (Å²) in [6.07, 6.45) is 3.83. The number of anilines is 1. The van der Waals surface area contributed by atoms with E-state index in [4.69, 9.17) is 5.84 Å². The van der Waals surface area contributed by atoms with Crippen molar-refractivity contribution in [1.82, 2.24) is 4.98 Å². The molecule has 0 fully saturated rings. The topological polar surface area (TPSA) is 63.3 Å². The predicted molar refractivity (Wildman–Crippen MR) is 52.0 cm³/mol. The van der Waals surface area contributed by atoms with Gasteiger partial charge in [-0.2, -0.15) is 0 Å². The molecule has 0 saturated heterocycles. The molecule has 0 aliphatic rings. The summed E-state index contributed by atoms with van der Waals surface area (Å²) in [6, 6.07) is 3.81. The number of nitrogens with one attached hydrogen (secondary N) is 1. The number of hydrazine groups is 1. The van der Waals surface area contributed by atoms with E-state index in [0.717, 1.165) is 4.90 Å². The van der Waals surface area contributed by atoms with Crippen LogP contribution in [0.15, 0.2) is 27.6 Å². The van der Waals surface area contributed by atoms with Crippen LogP contribution in [0.4, 0.5) is 5.82 Å². The zero-order valence-electron chi connectivity index (χ0n) is 7.11. The van der Waals surface area contributed by atoms with E-state index in [1.54, 1.807) is 13.2 Å². The second-order valence-electron chi connectivity index (χ2n) is 2.18. The third kappa shape index (κ3) is 2.02. The van der Waals surface area contributed by atoms with Crippen LogP contribution < -0.4 is 11.3 Å². The summed E-state index contributed by atoms with van der Waals surface area (Å²) in [5.74, 6) is 5.85. The van der Waals surface area contributed by atoms with Gasteiger partial charge in [0.05, 0.1) is 0 Å². The lowest BCUT2D eigenvalue weighted by Gasteiger charge is -2.01. The maximum absolute atomic E-state index is 5.17. The van der Waals surface area contributed by atoms with Gasteiger partial charge in [0.2, 0.25) is 0 Å². The van der Waals surface area contributed by atoms with Crippen LogP contribution in [0, 0.1) is 0 Å². The number of rotatable bonds is 2. The van der Waals surface area contributed by atoms with E-state index < -0.39 is 0 Å². The number of pyridine rings is 1. The highest BCUT2D eigenvalue weighted by molar-refractivity contribution is 7.86. The molecule has 0 aliphatic heterocycles. The molecular weight excluding hydrogens is 172 g/mol. The van der Waals surface area contributed by atoms with E-state index in [0.29, 0.717) is 5.82 Å². The van der Waals surface area contributed by atoms with Crippen LogP contribution in [-0.4, -0.2) is 18.3 Å². The Morgan fingerprint density at radius 1 is 1.58 bits per heavy atom. The molecule has 12 heavy (non-hydrogen) atoms. The van der Waals surface area contributed by atoms with E-state index in [2.05, 4.69) is 14.8 Å². The van der Waals surface area contributed by atoms with Gasteiger partial charge >= 0.3 is 0 Å². The van der Waals surface area contributed by atoms with Crippen LogP contribution in [0.25, 0.3) is 0 Å². The van der Waals surface area contributed by atoms with Crippen molar-refractivity contribution in [1.29, 1.82) is 0 Å². The van der Waals surface area contributed by atoms with E-state index in [1.165, 1.54) is 0 Å². The molecule has 66 valence electrons. The van der Waals surface area contributed by atoms with Crippen molar-refractivity contribution in [3.05, 3.63) is 18.3 Å². The Balaban J connectivity index is 2.92. The quantitative estimate of drug-likeness (QED) is 0.527. The van der Waals surface area contributed by atoms with Crippen LogP contribution >= 0.6 is 0 Å². The second kappa shape index (κ2) is 4.18. The van der Waals surface area contributed by atoms with Gasteiger partial charge in [0.1, 0.15) is 5.82 Å². The fourth-order valence-electron chi connectivity index (χ4n) is 0.746. The van der Waals surface area contributed by atoms with Gasteiger partial charge in [0, 0.05) is 18.1 Å². The lowest BCUT2D eigenvalue weighted by molar-refractivity contribution is 1.18. The second-order valence-corrected chi connectivity index (χ2v) is 3.98. The molecule has 1 aromatic rings. The minimum Gasteiger partial charge on any atom is -0.308 e. The minimum absolute atomic E-state index is 0.0567. The molecule has 1 atom stereocenters. The molecule has 1 heterocycles. The van der Waals surface area contributed by atoms with Gasteiger partial charge < -0.3 is 5.43 Å². The fourth-order valence-corrected chi connectivity index (χ4v) is 1.43. The molecule has 5 heteroatoms. The molecule has 1 aromatic heterocycles. The molecule has 1 rings (SSSR count). The van der Waals surface area contributed by atoms with E-state index in [-0.39, 0.29) is 10.7 Å². The number of hydrogen-bond donors (Lipinski definition) is 2. The van der Waals surface area contributed by atoms with Crippen molar-refractivity contribution >= 4 is 16.5 Å². The monoisotopic (exact) mass is 184 g/mol. The summed E-state index contributed by atoms with van der Waals surface area (Å²) in [7, 11) is 1.75. The third-order valence-corrected chi connectivity index (χ3v) is 2.97. The molecule has 0 spiro atoms. The molecule has 0 aliphatic carbocycles. The average molecular weight is 184 g/mol. The molecule has 3 N–H and O–H groups in total. The summed E-state index contributed by atoms with van der Waals surface area (Å²) in [5.41, 5.74) is 2.47. The molecule has 0 amide bonds. The first-order chi connectivity index (χ1) is 5.77. The molecule has 0 aromatic carbocycles. The van der Waals surface area contributed by atoms with Gasteiger partial charge in [-0.15, -0.1) is 0 Å². The number of aromatic nitrogens is 1. The van der Waals surface area contributed by atoms with Crippen LogP contribution in [0.1, 0.15) is 0 Å². The number of nitrogens with zero attached hydrogens (tertiary/aromatic N) is 2. The summed E-state index contributed by atoms with van der Waals surface area (Å²) in [5, 5.41) is 0. The number of nitrogens with two attached hydrogens (primary N) is 1. The van der Waals surface area contributed by atoms with Crippen molar-refractivity contribution in [2.45, 2.75) is 4.90 Å². The van der Waals surface area contributed by atoms with Crippen LogP contribution in [0.2, 0.25) is 0 Å². The predicted octanol–water partition coefficient (Wildman–Crippen LogP) is 0.788. The molecule has 1 unspecified atom stereocenters. The van der Waals surface area contributed by atoms with Gasteiger partial charge in [0.15, 0.2) is 0 Å². The van der Waals surface area contributed by atoms with Crippen molar-refractivity contribution in [2.24, 2.45) is 10.2 Å². The maximum Gasteiger partial charge on any atom is 0.139 e. The van der Waals surface area contributed by atoms with Crippen LogP contribution in [-0.2, 0) is 10.7 Å². The zero-order valence-corrected chi connectivity index (χ0v) is 7.93. The highest BCUT2D eigenvalue weighted by Gasteiger charge is 1.94. The van der Waals surface area contributed by atoms with Crippen LogP contribution in [0.3, 0.4) is 0 Å². The van der Waals surface area contributed by atoms with E-state index in [9.17, 15) is 0 Å². The van der Waals surface area contributed by atoms with Gasteiger partial charge in [-0.05, 0) is 18.4 Å². The van der Waals surface area contributed by atoms with Crippen molar-refractivity contribution < 1.29 is 0 Å². The number of nitrogen functional groups attached to an aromatic ring is 1. The zero-order chi connectivity index (χ0) is 8.97. The molecular formula is C7H12N4S. The molecule has 0 saturated carbocycles. The molecule has 0 radical (unpaired) electrons. The van der Waals surface area contributed by atoms with Gasteiger partial charge in [0.25, 0.3) is 0 Å². The first-order valence-corrected chi connectivity index (χ1v) is 5.05. The van der Waals surface area contributed by atoms with E-state index in [1.807, 2.05) is 18.4 Å². The average Bonchev–Trinajstić information content (AvgIpc) is 2.17. The van der Waals surface area contributed by atoms with Crippen molar-refractivity contribution in [2.75, 3.05) is 18.7 Å². The minimum atomic E-state index is -0.0567. The Hall–Kier alpha value is -0.940. The van der Waals surface area contributed by atoms with Gasteiger partial charge in [-0.1, -0.05) is 10.7 Å². The Kier molecular flexibility index (Phi) is 3.19. The fraction of sp³-hybridized carbons (Fsp3) is 0.286. The summed E-state index contributed by atoms with van der Waals surface area (Å²) in [4.78, 5) is 5.20. The standard InChI is InChI=1S/C7H12N4S/c1-9-12(2)6-3-4-7(11-8)10-5-6/h3-5H,8H2,1-2H3,(H,10,11). The Morgan fingerprint density at radius 2 is 2.33 bits per heavy atom. The summed E-state index contributed by atoms with van der Waals surface area (Å²) >= 11 is 0. The first kappa shape index (κ1) is 9.15. The van der Waals surface area contributed by atoms with Gasteiger partial charge in [-0.3, -0.25) is 4.36 Å². The van der Waals surface area contributed by atoms with Gasteiger partial charge in [-0.25, -0.2) is 10.8 Å². The number of hydrogen-bond acceptors (Lipinski definition) is 4. The SMILES string of the molecule is CN=S(C)c1ccc(NN)nc1. The Morgan fingerprint density at radius 3 is 2.75 bits per heavy atom. The largest absolute Gasteiger partial charge is 0.308 e.